The highest BCUT2D eigenvalue weighted by atomic mass is 16.4. The Morgan fingerprint density at radius 2 is 2.19 bits per heavy atom. The number of aromatic nitrogens is 2. The van der Waals surface area contributed by atoms with E-state index in [1.807, 2.05) is 29.1 Å². The molecule has 0 bridgehead atoms. The van der Waals surface area contributed by atoms with Gasteiger partial charge in [0.2, 0.25) is 0 Å². The van der Waals surface area contributed by atoms with E-state index in [4.69, 9.17) is 0 Å². The van der Waals surface area contributed by atoms with Gasteiger partial charge in [0.25, 0.3) is 0 Å². The van der Waals surface area contributed by atoms with Crippen LogP contribution < -0.4 is 5.32 Å². The summed E-state index contributed by atoms with van der Waals surface area (Å²) in [6.45, 7) is 4.94. The minimum atomic E-state index is -0.766. The molecule has 7 nitrogen and oxygen atoms in total. The van der Waals surface area contributed by atoms with E-state index in [9.17, 15) is 14.7 Å². The monoisotopic (exact) mass is 356 g/mol. The third-order valence-electron chi connectivity index (χ3n) is 5.92. The molecule has 1 aromatic carbocycles. The Labute approximate surface area is 152 Å². The summed E-state index contributed by atoms with van der Waals surface area (Å²) in [7, 11) is 0. The second-order valence-electron chi connectivity index (χ2n) is 7.82. The highest BCUT2D eigenvalue weighted by Crippen LogP contribution is 2.48. The van der Waals surface area contributed by atoms with Crippen LogP contribution >= 0.6 is 0 Å². The van der Waals surface area contributed by atoms with Crippen LogP contribution in [0.5, 0.6) is 0 Å². The fourth-order valence-electron chi connectivity index (χ4n) is 4.52. The Hall–Kier alpha value is -2.57. The maximum Gasteiger partial charge on any atom is 0.321 e. The van der Waals surface area contributed by atoms with Crippen LogP contribution in [0, 0.1) is 11.3 Å². The standard InChI is InChI=1S/C19H24N4O3/c1-12(2)23-16-8-15(6-5-13(16)9-20-23)21-18(26)22-10-14-4-3-7-19(14,11-22)17(24)25/h5-6,8-9,12,14H,3-4,7,10-11H2,1-2H3,(H,21,26)(H,24,25)/t14-,19+/m0/s1. The molecule has 1 aromatic heterocycles. The average molecular weight is 356 g/mol. The third-order valence-corrected chi connectivity index (χ3v) is 5.92. The molecule has 2 heterocycles. The van der Waals surface area contributed by atoms with Crippen molar-refractivity contribution >= 4 is 28.6 Å². The summed E-state index contributed by atoms with van der Waals surface area (Å²) in [6, 6.07) is 5.72. The molecule has 1 aliphatic carbocycles. The SMILES string of the molecule is CC(C)n1ncc2ccc(NC(=O)N3C[C@@H]4CCC[C@@]4(C(=O)O)C3)cc21. The summed E-state index contributed by atoms with van der Waals surface area (Å²) in [4.78, 5) is 26.1. The number of carboxylic acid groups (broad SMARTS) is 1. The molecule has 2 aromatic rings. The zero-order valence-electron chi connectivity index (χ0n) is 15.1. The summed E-state index contributed by atoms with van der Waals surface area (Å²) in [5.41, 5.74) is 0.918. The van der Waals surface area contributed by atoms with Gasteiger partial charge >= 0.3 is 12.0 Å². The van der Waals surface area contributed by atoms with Crippen LogP contribution in [0.25, 0.3) is 10.9 Å². The second-order valence-corrected chi connectivity index (χ2v) is 7.82. The number of fused-ring (bicyclic) bond motifs is 2. The molecule has 4 rings (SSSR count). The topological polar surface area (TPSA) is 87.5 Å². The van der Waals surface area contributed by atoms with Crippen molar-refractivity contribution < 1.29 is 14.7 Å². The molecular formula is C19H24N4O3. The van der Waals surface area contributed by atoms with Gasteiger partial charge in [-0.15, -0.1) is 0 Å². The fourth-order valence-corrected chi connectivity index (χ4v) is 4.52. The summed E-state index contributed by atoms with van der Waals surface area (Å²) in [6.07, 6.45) is 4.30. The number of amides is 2. The molecule has 0 unspecified atom stereocenters. The van der Waals surface area contributed by atoms with E-state index in [0.29, 0.717) is 25.2 Å². The molecule has 1 saturated heterocycles. The molecule has 2 N–H and O–H groups in total. The molecule has 0 radical (unpaired) electrons. The van der Waals surface area contributed by atoms with Gasteiger partial charge in [-0.1, -0.05) is 6.42 Å². The van der Waals surface area contributed by atoms with Crippen LogP contribution in [0.15, 0.2) is 24.4 Å². The van der Waals surface area contributed by atoms with Crippen LogP contribution in [-0.4, -0.2) is 44.9 Å². The smallest absolute Gasteiger partial charge is 0.321 e. The molecule has 26 heavy (non-hydrogen) atoms. The Balaban J connectivity index is 1.53. The van der Waals surface area contributed by atoms with Crippen molar-refractivity contribution in [1.29, 1.82) is 0 Å². The van der Waals surface area contributed by atoms with Crippen molar-refractivity contribution in [2.75, 3.05) is 18.4 Å². The lowest BCUT2D eigenvalue weighted by molar-refractivity contribution is -0.149. The first-order valence-corrected chi connectivity index (χ1v) is 9.17. The summed E-state index contributed by atoms with van der Waals surface area (Å²) >= 11 is 0. The number of hydrogen-bond acceptors (Lipinski definition) is 3. The molecule has 1 saturated carbocycles. The van der Waals surface area contributed by atoms with Gasteiger partial charge < -0.3 is 15.3 Å². The number of carboxylic acids is 1. The van der Waals surface area contributed by atoms with Crippen molar-refractivity contribution in [1.82, 2.24) is 14.7 Å². The predicted octanol–water partition coefficient (Wildman–Crippen LogP) is 3.34. The first-order chi connectivity index (χ1) is 12.4. The first-order valence-electron chi connectivity index (χ1n) is 9.17. The average Bonchev–Trinajstić information content (AvgIpc) is 3.26. The highest BCUT2D eigenvalue weighted by molar-refractivity contribution is 5.93. The zero-order valence-corrected chi connectivity index (χ0v) is 15.1. The Bertz CT molecular complexity index is 875. The lowest BCUT2D eigenvalue weighted by Crippen LogP contribution is -2.38. The number of rotatable bonds is 3. The summed E-state index contributed by atoms with van der Waals surface area (Å²) in [5.74, 6) is -0.701. The van der Waals surface area contributed by atoms with E-state index in [-0.39, 0.29) is 18.0 Å². The molecule has 2 amide bonds. The minimum Gasteiger partial charge on any atom is -0.481 e. The summed E-state index contributed by atoms with van der Waals surface area (Å²) < 4.78 is 1.92. The van der Waals surface area contributed by atoms with Gasteiger partial charge in [0, 0.05) is 30.2 Å². The van der Waals surface area contributed by atoms with E-state index < -0.39 is 11.4 Å². The minimum absolute atomic E-state index is 0.0654. The molecule has 1 aliphatic heterocycles. The number of nitrogens with zero attached hydrogens (tertiary/aromatic N) is 3. The number of nitrogens with one attached hydrogen (secondary N) is 1. The fraction of sp³-hybridized carbons (Fsp3) is 0.526. The largest absolute Gasteiger partial charge is 0.481 e. The quantitative estimate of drug-likeness (QED) is 0.883. The normalized spacial score (nSPS) is 25.0. The Morgan fingerprint density at radius 1 is 1.38 bits per heavy atom. The van der Waals surface area contributed by atoms with Crippen molar-refractivity contribution in [3.8, 4) is 0 Å². The number of urea groups is 1. The maximum absolute atomic E-state index is 12.7. The van der Waals surface area contributed by atoms with Crippen molar-refractivity contribution in [2.45, 2.75) is 39.2 Å². The van der Waals surface area contributed by atoms with Gasteiger partial charge in [-0.2, -0.15) is 5.10 Å². The molecular weight excluding hydrogens is 332 g/mol. The van der Waals surface area contributed by atoms with E-state index in [1.54, 1.807) is 4.90 Å². The van der Waals surface area contributed by atoms with Gasteiger partial charge in [0.05, 0.1) is 17.1 Å². The van der Waals surface area contributed by atoms with Crippen molar-refractivity contribution in [3.05, 3.63) is 24.4 Å². The Kier molecular flexibility index (Phi) is 3.89. The molecule has 7 heteroatoms. The number of carbonyl (C=O) groups is 2. The van der Waals surface area contributed by atoms with E-state index in [0.717, 1.165) is 23.7 Å². The van der Waals surface area contributed by atoms with Crippen LogP contribution in [-0.2, 0) is 4.79 Å². The van der Waals surface area contributed by atoms with E-state index in [1.165, 1.54) is 0 Å². The Morgan fingerprint density at radius 3 is 2.88 bits per heavy atom. The van der Waals surface area contributed by atoms with Gasteiger partial charge in [0.15, 0.2) is 0 Å². The van der Waals surface area contributed by atoms with Crippen LogP contribution in [0.1, 0.15) is 39.2 Å². The number of likely N-dealkylation sites (tertiary alicyclic amines) is 1. The van der Waals surface area contributed by atoms with Crippen LogP contribution in [0.3, 0.4) is 0 Å². The first kappa shape index (κ1) is 16.9. The van der Waals surface area contributed by atoms with Gasteiger partial charge in [-0.05, 0) is 50.8 Å². The second kappa shape index (κ2) is 6.00. The van der Waals surface area contributed by atoms with Gasteiger partial charge in [-0.25, -0.2) is 4.79 Å². The number of benzene rings is 1. The zero-order chi connectivity index (χ0) is 18.5. The molecule has 2 aliphatic rings. The maximum atomic E-state index is 12.7. The molecule has 0 spiro atoms. The molecule has 138 valence electrons. The van der Waals surface area contributed by atoms with Crippen LogP contribution in [0.4, 0.5) is 10.5 Å². The predicted molar refractivity (Wildman–Crippen MR) is 98.1 cm³/mol. The van der Waals surface area contributed by atoms with Crippen molar-refractivity contribution in [3.63, 3.8) is 0 Å². The van der Waals surface area contributed by atoms with Crippen LogP contribution in [0.2, 0.25) is 0 Å². The lowest BCUT2D eigenvalue weighted by atomic mass is 9.81. The van der Waals surface area contributed by atoms with E-state index in [2.05, 4.69) is 24.3 Å². The van der Waals surface area contributed by atoms with Gasteiger partial charge in [0.1, 0.15) is 0 Å². The lowest BCUT2D eigenvalue weighted by Gasteiger charge is -2.23. The van der Waals surface area contributed by atoms with Gasteiger partial charge in [-0.3, -0.25) is 9.48 Å². The number of anilines is 1. The number of aliphatic carboxylic acids is 1. The number of carbonyl (C=O) groups excluding carboxylic acids is 1. The third kappa shape index (κ3) is 2.53. The molecule has 2 fully saturated rings. The van der Waals surface area contributed by atoms with E-state index >= 15 is 0 Å². The number of hydrogen-bond donors (Lipinski definition) is 2. The van der Waals surface area contributed by atoms with Crippen molar-refractivity contribution in [2.24, 2.45) is 11.3 Å². The summed E-state index contributed by atoms with van der Waals surface area (Å²) in [5, 5.41) is 18.0. The highest BCUT2D eigenvalue weighted by Gasteiger charge is 2.55. The molecule has 2 atom stereocenters.